The van der Waals surface area contributed by atoms with Gasteiger partial charge >= 0.3 is 18.1 Å². The molecule has 2 fully saturated rings. The largest absolute Gasteiger partial charge is 0.471 e. The van der Waals surface area contributed by atoms with E-state index in [0.29, 0.717) is 11.3 Å². The van der Waals surface area contributed by atoms with E-state index in [-0.39, 0.29) is 30.7 Å². The third kappa shape index (κ3) is 10.6. The molecule has 5 atom stereocenters. The Morgan fingerprint density at radius 3 is 1.89 bits per heavy atom. The van der Waals surface area contributed by atoms with Crippen LogP contribution in [0.3, 0.4) is 0 Å². The fourth-order valence-electron chi connectivity index (χ4n) is 6.07. The molecule has 0 bridgehead atoms. The standard InChI is InChI=1S/C32H53F3N6O6/c1-17(2)19-13-14-41(22(19)26(44)37-20(23(42)25(36)43)15-18-11-10-12-18)27(45)24(31(6,7)8)39-29(47)38-21(30(3,4)5)16-40(9)28(46)32(33,34)35/h17-22,24H,10-16H2,1-9H3,(H2,36,43)(H,37,44)(H2,38,39,47)/t19?,20?,21-,22+,24-/m1/s1. The number of nitrogens with two attached hydrogens (primary N) is 1. The molecule has 2 rings (SSSR count). The number of alkyl halides is 3. The first-order valence-electron chi connectivity index (χ1n) is 16.2. The number of ketones is 1. The van der Waals surface area contributed by atoms with Crippen LogP contribution in [-0.2, 0) is 24.0 Å². The highest BCUT2D eigenvalue weighted by atomic mass is 19.4. The van der Waals surface area contributed by atoms with E-state index in [1.165, 1.54) is 4.90 Å². The fraction of sp³-hybridized carbons (Fsp3) is 0.812. The molecule has 2 unspecified atom stereocenters. The van der Waals surface area contributed by atoms with Gasteiger partial charge in [0.1, 0.15) is 12.1 Å². The van der Waals surface area contributed by atoms with Crippen molar-refractivity contribution in [2.24, 2.45) is 34.3 Å². The van der Waals surface area contributed by atoms with Crippen LogP contribution in [0.1, 0.15) is 87.5 Å². The molecular formula is C32H53F3N6O6. The number of Topliss-reactive ketones (excluding diaryl/α,β-unsaturated/α-hetero) is 1. The molecule has 1 saturated heterocycles. The second kappa shape index (κ2) is 15.2. The molecule has 0 aromatic carbocycles. The second-order valence-corrected chi connectivity index (χ2v) is 15.5. The summed E-state index contributed by atoms with van der Waals surface area (Å²) in [6.45, 7) is 13.8. The van der Waals surface area contributed by atoms with Crippen LogP contribution < -0.4 is 21.7 Å². The number of nitrogens with zero attached hydrogens (tertiary/aromatic N) is 2. The molecule has 0 radical (unpaired) electrons. The summed E-state index contributed by atoms with van der Waals surface area (Å²) in [5.74, 6) is -5.39. The summed E-state index contributed by atoms with van der Waals surface area (Å²) in [5, 5.41) is 8.03. The summed E-state index contributed by atoms with van der Waals surface area (Å²) in [7, 11) is 0.993. The molecule has 0 aromatic heterocycles. The predicted molar refractivity (Wildman–Crippen MR) is 168 cm³/mol. The van der Waals surface area contributed by atoms with E-state index in [0.717, 1.165) is 26.3 Å². The molecule has 2 aliphatic rings. The van der Waals surface area contributed by atoms with E-state index in [1.54, 1.807) is 41.5 Å². The second-order valence-electron chi connectivity index (χ2n) is 15.5. The zero-order valence-corrected chi connectivity index (χ0v) is 29.0. The van der Waals surface area contributed by atoms with Gasteiger partial charge < -0.3 is 31.5 Å². The molecule has 12 nitrogen and oxygen atoms in total. The van der Waals surface area contributed by atoms with Crippen molar-refractivity contribution in [1.82, 2.24) is 25.8 Å². The van der Waals surface area contributed by atoms with Gasteiger partial charge in [0.05, 0.1) is 12.1 Å². The lowest BCUT2D eigenvalue weighted by atomic mass is 9.80. The molecule has 0 aromatic rings. The van der Waals surface area contributed by atoms with Gasteiger partial charge in [-0.25, -0.2) is 4.79 Å². The summed E-state index contributed by atoms with van der Waals surface area (Å²) in [4.78, 5) is 79.5. The molecule has 15 heteroatoms. The number of primary amides is 1. The molecule has 1 aliphatic heterocycles. The summed E-state index contributed by atoms with van der Waals surface area (Å²) in [6, 6.07) is -5.04. The maximum absolute atomic E-state index is 14.2. The number of urea groups is 1. The van der Waals surface area contributed by atoms with Crippen LogP contribution in [0.4, 0.5) is 18.0 Å². The van der Waals surface area contributed by atoms with Gasteiger partial charge in [0, 0.05) is 20.1 Å². The highest BCUT2D eigenvalue weighted by Gasteiger charge is 2.48. The summed E-state index contributed by atoms with van der Waals surface area (Å²) in [5.41, 5.74) is 3.64. The Morgan fingerprint density at radius 2 is 1.47 bits per heavy atom. The number of hydrogen-bond donors (Lipinski definition) is 4. The Morgan fingerprint density at radius 1 is 0.894 bits per heavy atom. The molecule has 1 heterocycles. The molecule has 1 saturated carbocycles. The normalized spacial score (nSPS) is 20.9. The number of hydrogen-bond acceptors (Lipinski definition) is 6. The van der Waals surface area contributed by atoms with Crippen molar-refractivity contribution in [3.8, 4) is 0 Å². The van der Waals surface area contributed by atoms with E-state index < -0.39 is 83.2 Å². The van der Waals surface area contributed by atoms with Gasteiger partial charge in [0.25, 0.3) is 5.91 Å². The molecule has 6 amide bonds. The van der Waals surface area contributed by atoms with Crippen molar-refractivity contribution in [3.05, 3.63) is 0 Å². The van der Waals surface area contributed by atoms with Crippen LogP contribution >= 0.6 is 0 Å². The molecular weight excluding hydrogens is 621 g/mol. The summed E-state index contributed by atoms with van der Waals surface area (Å²) < 4.78 is 39.1. The minimum atomic E-state index is -5.08. The van der Waals surface area contributed by atoms with E-state index in [2.05, 4.69) is 16.0 Å². The number of nitrogens with one attached hydrogen (secondary N) is 3. The zero-order valence-electron chi connectivity index (χ0n) is 29.0. The molecule has 47 heavy (non-hydrogen) atoms. The minimum absolute atomic E-state index is 0.0336. The van der Waals surface area contributed by atoms with Crippen molar-refractivity contribution < 1.29 is 41.9 Å². The smallest absolute Gasteiger partial charge is 0.363 e. The Bertz CT molecular complexity index is 1190. The Kier molecular flexibility index (Phi) is 12.9. The third-order valence-corrected chi connectivity index (χ3v) is 9.31. The van der Waals surface area contributed by atoms with Crippen molar-refractivity contribution in [2.45, 2.75) is 118 Å². The number of likely N-dealkylation sites (N-methyl/N-ethyl adjacent to an activating group) is 1. The van der Waals surface area contributed by atoms with Crippen LogP contribution in [0.25, 0.3) is 0 Å². The van der Waals surface area contributed by atoms with Gasteiger partial charge in [0.15, 0.2) is 0 Å². The molecule has 0 spiro atoms. The molecule has 268 valence electrons. The molecule has 1 aliphatic carbocycles. The van der Waals surface area contributed by atoms with Crippen LogP contribution in [0.2, 0.25) is 0 Å². The van der Waals surface area contributed by atoms with Crippen LogP contribution in [0.15, 0.2) is 0 Å². The first-order valence-corrected chi connectivity index (χ1v) is 16.2. The number of halogens is 3. The monoisotopic (exact) mass is 674 g/mol. The van der Waals surface area contributed by atoms with Gasteiger partial charge in [-0.2, -0.15) is 13.2 Å². The van der Waals surface area contributed by atoms with Crippen molar-refractivity contribution >= 4 is 35.4 Å². The van der Waals surface area contributed by atoms with E-state index in [4.69, 9.17) is 5.73 Å². The topological polar surface area (TPSA) is 171 Å². The first kappa shape index (κ1) is 39.8. The molecule has 5 N–H and O–H groups in total. The minimum Gasteiger partial charge on any atom is -0.363 e. The number of amides is 6. The summed E-state index contributed by atoms with van der Waals surface area (Å²) in [6.07, 6.45) is -1.61. The van der Waals surface area contributed by atoms with E-state index >= 15 is 0 Å². The van der Waals surface area contributed by atoms with Gasteiger partial charge in [-0.15, -0.1) is 0 Å². The van der Waals surface area contributed by atoms with Crippen LogP contribution in [0, 0.1) is 28.6 Å². The van der Waals surface area contributed by atoms with Gasteiger partial charge in [0.2, 0.25) is 17.6 Å². The average Bonchev–Trinajstić information content (AvgIpc) is 3.35. The SMILES string of the molecule is CC(C)C1CCN(C(=O)[C@@H](NC(=O)N[C@H](CN(C)C(=O)C(F)(F)F)C(C)(C)C)C(C)(C)C)[C@@H]1C(=O)NC(CC1CCC1)C(=O)C(N)=O. The van der Waals surface area contributed by atoms with E-state index in [9.17, 15) is 41.9 Å². The predicted octanol–water partition coefficient (Wildman–Crippen LogP) is 2.74. The van der Waals surface area contributed by atoms with Gasteiger partial charge in [-0.1, -0.05) is 74.7 Å². The highest BCUT2D eigenvalue weighted by molar-refractivity contribution is 6.37. The Labute approximate surface area is 275 Å². The van der Waals surface area contributed by atoms with Gasteiger partial charge in [-0.05, 0) is 41.4 Å². The third-order valence-electron chi connectivity index (χ3n) is 9.31. The lowest BCUT2D eigenvalue weighted by molar-refractivity contribution is -0.184. The van der Waals surface area contributed by atoms with Crippen LogP contribution in [0.5, 0.6) is 0 Å². The highest BCUT2D eigenvalue weighted by Crippen LogP contribution is 2.35. The van der Waals surface area contributed by atoms with Gasteiger partial charge in [-0.3, -0.25) is 24.0 Å². The Balaban J connectivity index is 2.32. The maximum Gasteiger partial charge on any atom is 0.471 e. The van der Waals surface area contributed by atoms with Crippen molar-refractivity contribution in [1.29, 1.82) is 0 Å². The van der Waals surface area contributed by atoms with Crippen molar-refractivity contribution in [3.63, 3.8) is 0 Å². The number of rotatable bonds is 12. The fourth-order valence-corrected chi connectivity index (χ4v) is 6.07. The lowest BCUT2D eigenvalue weighted by Gasteiger charge is -2.38. The average molecular weight is 675 g/mol. The lowest BCUT2D eigenvalue weighted by Crippen LogP contribution is -2.62. The quantitative estimate of drug-likeness (QED) is 0.232. The number of carbonyl (C=O) groups excluding carboxylic acids is 6. The maximum atomic E-state index is 14.2. The first-order chi connectivity index (χ1) is 21.4. The zero-order chi connectivity index (χ0) is 36.2. The number of carbonyl (C=O) groups is 6. The van der Waals surface area contributed by atoms with Crippen LogP contribution in [-0.4, -0.2) is 95.7 Å². The number of likely N-dealkylation sites (tertiary alicyclic amines) is 1. The van der Waals surface area contributed by atoms with E-state index in [1.807, 2.05) is 13.8 Å². The summed E-state index contributed by atoms with van der Waals surface area (Å²) >= 11 is 0. The Hall–Kier alpha value is -3.39. The van der Waals surface area contributed by atoms with Crippen molar-refractivity contribution in [2.75, 3.05) is 20.1 Å².